The molecule has 0 unspecified atom stereocenters. The van der Waals surface area contributed by atoms with E-state index in [1.165, 1.54) is 6.20 Å². The maximum Gasteiger partial charge on any atom is 0.255 e. The molecular weight excluding hydrogens is 500 g/mol. The maximum absolute atomic E-state index is 12.5. The summed E-state index contributed by atoms with van der Waals surface area (Å²) in [5.74, 6) is 1.24. The van der Waals surface area contributed by atoms with E-state index in [0.29, 0.717) is 23.7 Å². The molecule has 1 aliphatic rings. The number of aromatic nitrogens is 3. The molecule has 1 atom stereocenters. The Morgan fingerprint density at radius 2 is 1.97 bits per heavy atom. The highest BCUT2D eigenvalue weighted by Crippen LogP contribution is 2.35. The highest BCUT2D eigenvalue weighted by Gasteiger charge is 2.23. The summed E-state index contributed by atoms with van der Waals surface area (Å²) in [5, 5.41) is 3.10. The Morgan fingerprint density at radius 3 is 2.67 bits per heavy atom. The van der Waals surface area contributed by atoms with Crippen molar-refractivity contribution >= 4 is 28.8 Å². The Labute approximate surface area is 217 Å². The second-order valence-electron chi connectivity index (χ2n) is 8.46. The Balaban J connectivity index is 1.43. The lowest BCUT2D eigenvalue weighted by Gasteiger charge is -2.30. The van der Waals surface area contributed by atoms with Crippen LogP contribution in [0, 0.1) is 0 Å². The number of nitrogens with one attached hydrogen (secondary N) is 1. The maximum atomic E-state index is 12.5. The Morgan fingerprint density at radius 1 is 1.17 bits per heavy atom. The fourth-order valence-electron chi connectivity index (χ4n) is 3.83. The smallest absolute Gasteiger partial charge is 0.255 e. The molecule has 4 aromatic rings. The number of ether oxygens (including phenoxy) is 3. The molecule has 186 valence electrons. The number of benzene rings is 1. The van der Waals surface area contributed by atoms with E-state index < -0.39 is 0 Å². The van der Waals surface area contributed by atoms with Gasteiger partial charge >= 0.3 is 0 Å². The first-order valence-corrected chi connectivity index (χ1v) is 12.8. The molecule has 1 saturated heterocycles. The van der Waals surface area contributed by atoms with Crippen LogP contribution in [0.2, 0.25) is 5.02 Å². The third-order valence-electron chi connectivity index (χ3n) is 5.69. The number of hydrogen-bond acceptors (Lipinski definition) is 7. The minimum absolute atomic E-state index is 0.0743. The van der Waals surface area contributed by atoms with Gasteiger partial charge in [-0.25, -0.2) is 9.97 Å². The number of carbonyl (C=O) groups is 1. The van der Waals surface area contributed by atoms with Crippen molar-refractivity contribution < 1.29 is 19.0 Å². The van der Waals surface area contributed by atoms with E-state index in [4.69, 9.17) is 25.8 Å². The Kier molecular flexibility index (Phi) is 7.22. The number of likely N-dealkylation sites (tertiary alicyclic amines) is 1. The van der Waals surface area contributed by atoms with Crippen LogP contribution in [0.25, 0.3) is 22.0 Å². The molecule has 5 rings (SSSR count). The average Bonchev–Trinajstić information content (AvgIpc) is 3.51. The molecular formula is C26H25ClN4O4S. The van der Waals surface area contributed by atoms with E-state index in [2.05, 4.69) is 15.0 Å². The summed E-state index contributed by atoms with van der Waals surface area (Å²) in [5.41, 5.74) is 3.10. The summed E-state index contributed by atoms with van der Waals surface area (Å²) in [6.45, 7) is 3.89. The van der Waals surface area contributed by atoms with E-state index in [9.17, 15) is 4.79 Å². The van der Waals surface area contributed by atoms with Crippen molar-refractivity contribution in [2.24, 2.45) is 0 Å². The highest BCUT2D eigenvalue weighted by molar-refractivity contribution is 7.13. The molecule has 0 spiro atoms. The number of H-pyrrole nitrogens is 1. The molecule has 1 aliphatic heterocycles. The third-order valence-corrected chi connectivity index (χ3v) is 6.77. The average molecular weight is 525 g/mol. The molecule has 8 nitrogen and oxygen atoms in total. The lowest BCUT2D eigenvalue weighted by molar-refractivity contribution is 0.0651. The number of methoxy groups -OCH3 is 1. The van der Waals surface area contributed by atoms with E-state index in [-0.39, 0.29) is 22.9 Å². The topological polar surface area (TPSA) is 89.6 Å². The quantitative estimate of drug-likeness (QED) is 0.293. The summed E-state index contributed by atoms with van der Waals surface area (Å²) in [6, 6.07) is 11.2. The van der Waals surface area contributed by atoms with Crippen LogP contribution in [0.5, 0.6) is 17.4 Å². The SMILES string of the molecule is COC[C@H](C)Oc1cc(Oc2ncc(C(=O)N3CCC3)cc2Cl)cc(-c2ccc(-c3nccs3)[nH]2)c1. The fraction of sp³-hybridized carbons (Fsp3) is 0.269. The van der Waals surface area contributed by atoms with Crippen molar-refractivity contribution in [3.63, 3.8) is 0 Å². The van der Waals surface area contributed by atoms with Crippen molar-refractivity contribution in [3.8, 4) is 39.3 Å². The van der Waals surface area contributed by atoms with Crippen LogP contribution in [0.4, 0.5) is 0 Å². The van der Waals surface area contributed by atoms with Crippen molar-refractivity contribution in [1.29, 1.82) is 0 Å². The van der Waals surface area contributed by atoms with Crippen molar-refractivity contribution in [3.05, 3.63) is 64.8 Å². The number of hydrogen-bond donors (Lipinski definition) is 1. The first-order valence-electron chi connectivity index (χ1n) is 11.5. The zero-order chi connectivity index (χ0) is 25.1. The lowest BCUT2D eigenvalue weighted by Crippen LogP contribution is -2.42. The first-order chi connectivity index (χ1) is 17.5. The van der Waals surface area contributed by atoms with Gasteiger partial charge in [-0.2, -0.15) is 0 Å². The fourth-order valence-corrected chi connectivity index (χ4v) is 4.65. The summed E-state index contributed by atoms with van der Waals surface area (Å²) in [7, 11) is 1.63. The zero-order valence-electron chi connectivity index (χ0n) is 19.9. The number of rotatable bonds is 9. The number of pyridine rings is 1. The summed E-state index contributed by atoms with van der Waals surface area (Å²) >= 11 is 8.02. The molecule has 1 amide bonds. The molecule has 0 radical (unpaired) electrons. The van der Waals surface area contributed by atoms with Crippen LogP contribution in [0.1, 0.15) is 23.7 Å². The summed E-state index contributed by atoms with van der Waals surface area (Å²) in [6.07, 6.45) is 4.12. The Bertz CT molecular complexity index is 1350. The van der Waals surface area contributed by atoms with Crippen LogP contribution in [0.3, 0.4) is 0 Å². The number of halogens is 1. The molecule has 1 fully saturated rings. The van der Waals surface area contributed by atoms with E-state index >= 15 is 0 Å². The second kappa shape index (κ2) is 10.7. The number of thiazole rings is 1. The van der Waals surface area contributed by atoms with Gasteiger partial charge in [0.2, 0.25) is 5.88 Å². The number of amides is 1. The summed E-state index contributed by atoms with van der Waals surface area (Å²) < 4.78 is 17.3. The zero-order valence-corrected chi connectivity index (χ0v) is 21.4. The van der Waals surface area contributed by atoms with Gasteiger partial charge in [0.15, 0.2) is 0 Å². The van der Waals surface area contributed by atoms with Crippen molar-refractivity contribution in [2.45, 2.75) is 19.4 Å². The summed E-state index contributed by atoms with van der Waals surface area (Å²) in [4.78, 5) is 26.3. The largest absolute Gasteiger partial charge is 0.488 e. The first kappa shape index (κ1) is 24.3. The van der Waals surface area contributed by atoms with Crippen molar-refractivity contribution in [2.75, 3.05) is 26.8 Å². The molecule has 10 heteroatoms. The van der Waals surface area contributed by atoms with Gasteiger partial charge in [-0.1, -0.05) is 11.6 Å². The van der Waals surface area contributed by atoms with Gasteiger partial charge in [-0.05, 0) is 43.7 Å². The van der Waals surface area contributed by atoms with Crippen LogP contribution >= 0.6 is 22.9 Å². The standard InChI is InChI=1S/C26H25ClN4O4S/c1-16(15-33-2)34-19-10-17(22-4-5-23(30-22)25-28-6-9-36-25)11-20(13-19)35-24-21(27)12-18(14-29-24)26(32)31-7-3-8-31/h4-6,9-14,16,30H,3,7-8,15H2,1-2H3/t16-/m0/s1. The molecule has 1 N–H and O–H groups in total. The van der Waals surface area contributed by atoms with Crippen LogP contribution in [0.15, 0.2) is 54.2 Å². The van der Waals surface area contributed by atoms with Gasteiger partial charge in [0.25, 0.3) is 5.91 Å². The van der Waals surface area contributed by atoms with Crippen molar-refractivity contribution in [1.82, 2.24) is 19.9 Å². The monoisotopic (exact) mass is 524 g/mol. The lowest BCUT2D eigenvalue weighted by atomic mass is 10.1. The number of carbonyl (C=O) groups excluding carboxylic acids is 1. The van der Waals surface area contributed by atoms with Gasteiger partial charge < -0.3 is 24.1 Å². The highest BCUT2D eigenvalue weighted by atomic mass is 35.5. The molecule has 3 aromatic heterocycles. The minimum atomic E-state index is -0.166. The van der Waals surface area contributed by atoms with Gasteiger partial charge in [0.05, 0.1) is 17.9 Å². The molecule has 36 heavy (non-hydrogen) atoms. The number of aromatic amines is 1. The van der Waals surface area contributed by atoms with Gasteiger partial charge in [-0.15, -0.1) is 11.3 Å². The predicted molar refractivity (Wildman–Crippen MR) is 139 cm³/mol. The third kappa shape index (κ3) is 5.38. The van der Waals surface area contributed by atoms with Crippen LogP contribution < -0.4 is 9.47 Å². The molecule has 0 bridgehead atoms. The van der Waals surface area contributed by atoms with E-state index in [0.717, 1.165) is 41.5 Å². The van der Waals surface area contributed by atoms with E-state index in [1.54, 1.807) is 41.7 Å². The van der Waals surface area contributed by atoms with E-state index in [1.807, 2.05) is 36.6 Å². The Hall–Kier alpha value is -3.40. The van der Waals surface area contributed by atoms with Crippen LogP contribution in [-0.4, -0.2) is 58.7 Å². The molecule has 1 aromatic carbocycles. The predicted octanol–water partition coefficient (Wildman–Crippen LogP) is 5.91. The molecule has 4 heterocycles. The van der Waals surface area contributed by atoms with Gasteiger partial charge in [0.1, 0.15) is 27.6 Å². The molecule has 0 saturated carbocycles. The molecule has 0 aliphatic carbocycles. The van der Waals surface area contributed by atoms with Gasteiger partial charge in [-0.3, -0.25) is 4.79 Å². The number of nitrogens with zero attached hydrogens (tertiary/aromatic N) is 3. The minimum Gasteiger partial charge on any atom is -0.488 e. The normalized spacial score (nSPS) is 13.8. The second-order valence-corrected chi connectivity index (χ2v) is 9.76. The van der Waals surface area contributed by atoms with Gasteiger partial charge in [0, 0.05) is 55.3 Å². The van der Waals surface area contributed by atoms with Crippen LogP contribution in [-0.2, 0) is 4.74 Å².